The maximum Gasteiger partial charge on any atom is 0.254 e. The molecule has 1 aliphatic heterocycles. The summed E-state index contributed by atoms with van der Waals surface area (Å²) < 4.78 is 0. The van der Waals surface area contributed by atoms with Crippen LogP contribution in [-0.4, -0.2) is 45.7 Å². The molecular formula is C16H24N4O2. The monoisotopic (exact) mass is 304 g/mol. The molecule has 2 heterocycles. The van der Waals surface area contributed by atoms with Gasteiger partial charge >= 0.3 is 0 Å². The van der Waals surface area contributed by atoms with Gasteiger partial charge in [0.25, 0.3) is 5.91 Å². The van der Waals surface area contributed by atoms with Gasteiger partial charge in [0.2, 0.25) is 0 Å². The van der Waals surface area contributed by atoms with Crippen LogP contribution in [0.25, 0.3) is 0 Å². The van der Waals surface area contributed by atoms with Gasteiger partial charge in [-0.1, -0.05) is 19.8 Å². The summed E-state index contributed by atoms with van der Waals surface area (Å²) in [5, 5.41) is 17.0. The van der Waals surface area contributed by atoms with E-state index in [2.05, 4.69) is 27.5 Å². The van der Waals surface area contributed by atoms with E-state index < -0.39 is 0 Å². The van der Waals surface area contributed by atoms with Gasteiger partial charge in [-0.25, -0.2) is 9.97 Å². The first-order chi connectivity index (χ1) is 10.6. The molecule has 6 nitrogen and oxygen atoms in total. The second kappa shape index (κ2) is 6.30. The fourth-order valence-corrected chi connectivity index (χ4v) is 3.87. The number of rotatable bonds is 3. The van der Waals surface area contributed by atoms with Crippen LogP contribution in [0, 0.1) is 5.41 Å². The zero-order chi connectivity index (χ0) is 15.6. The third kappa shape index (κ3) is 2.98. The van der Waals surface area contributed by atoms with Crippen molar-refractivity contribution < 1.29 is 9.90 Å². The molecule has 120 valence electrons. The molecule has 2 fully saturated rings. The third-order valence-corrected chi connectivity index (χ3v) is 5.23. The second-order valence-corrected chi connectivity index (χ2v) is 6.76. The van der Waals surface area contributed by atoms with E-state index in [0.717, 1.165) is 32.1 Å². The Kier molecular flexibility index (Phi) is 4.40. The molecule has 3 N–H and O–H groups in total. The summed E-state index contributed by atoms with van der Waals surface area (Å²) >= 11 is 0. The van der Waals surface area contributed by atoms with Crippen molar-refractivity contribution in [3.63, 3.8) is 0 Å². The molecule has 4 atom stereocenters. The number of carbonyl (C=O) groups is 1. The van der Waals surface area contributed by atoms with Gasteiger partial charge in [-0.15, -0.1) is 0 Å². The van der Waals surface area contributed by atoms with Crippen LogP contribution < -0.4 is 10.6 Å². The zero-order valence-corrected chi connectivity index (χ0v) is 13.0. The number of hydrogen-bond donors (Lipinski definition) is 3. The molecule has 1 saturated heterocycles. The van der Waals surface area contributed by atoms with Crippen LogP contribution in [0.2, 0.25) is 0 Å². The minimum atomic E-state index is -0.254. The van der Waals surface area contributed by atoms with Crippen molar-refractivity contribution in [1.29, 1.82) is 0 Å². The highest BCUT2D eigenvalue weighted by Gasteiger charge is 2.48. The summed E-state index contributed by atoms with van der Waals surface area (Å²) in [5.74, 6) is -0.153. The number of nitrogens with zero attached hydrogens (tertiary/aromatic N) is 2. The summed E-state index contributed by atoms with van der Waals surface area (Å²) in [5.41, 5.74) is 0.392. The Bertz CT molecular complexity index is 524. The quantitative estimate of drug-likeness (QED) is 0.771. The number of carbonyl (C=O) groups excluding carboxylic acids is 1. The molecule has 1 amide bonds. The summed E-state index contributed by atoms with van der Waals surface area (Å²) in [6.45, 7) is 2.74. The molecule has 3 rings (SSSR count). The molecule has 22 heavy (non-hydrogen) atoms. The van der Waals surface area contributed by atoms with Crippen LogP contribution in [-0.2, 0) is 0 Å². The summed E-state index contributed by atoms with van der Waals surface area (Å²) in [6.07, 6.45) is 9.32. The number of nitrogens with one attached hydrogen (secondary N) is 2. The van der Waals surface area contributed by atoms with Crippen LogP contribution in [0.15, 0.2) is 18.7 Å². The topological polar surface area (TPSA) is 87.1 Å². The van der Waals surface area contributed by atoms with E-state index in [4.69, 9.17) is 0 Å². The van der Waals surface area contributed by atoms with Gasteiger partial charge in [0, 0.05) is 36.4 Å². The van der Waals surface area contributed by atoms with Crippen LogP contribution >= 0.6 is 0 Å². The Balaban J connectivity index is 1.58. The lowest BCUT2D eigenvalue weighted by Crippen LogP contribution is -2.43. The van der Waals surface area contributed by atoms with E-state index in [9.17, 15) is 9.90 Å². The first-order valence-corrected chi connectivity index (χ1v) is 8.07. The number of amides is 1. The Hall–Kier alpha value is -1.53. The molecule has 6 heteroatoms. The first kappa shape index (κ1) is 15.4. The van der Waals surface area contributed by atoms with Crippen molar-refractivity contribution in [2.75, 3.05) is 6.54 Å². The summed E-state index contributed by atoms with van der Waals surface area (Å²) in [4.78, 5) is 19.8. The van der Waals surface area contributed by atoms with E-state index in [0.29, 0.717) is 18.2 Å². The number of hydrogen-bond acceptors (Lipinski definition) is 5. The number of fused-ring (bicyclic) bond motifs is 1. The van der Waals surface area contributed by atoms with Crippen molar-refractivity contribution >= 4 is 5.91 Å². The smallest absolute Gasteiger partial charge is 0.254 e. The Morgan fingerprint density at radius 1 is 1.41 bits per heavy atom. The Morgan fingerprint density at radius 3 is 2.91 bits per heavy atom. The maximum absolute atomic E-state index is 12.0. The first-order valence-electron chi connectivity index (χ1n) is 8.07. The average molecular weight is 304 g/mol. The van der Waals surface area contributed by atoms with Crippen molar-refractivity contribution in [2.24, 2.45) is 5.41 Å². The number of aromatic nitrogens is 2. The Morgan fingerprint density at radius 2 is 2.14 bits per heavy atom. The van der Waals surface area contributed by atoms with Crippen molar-refractivity contribution in [2.45, 2.75) is 57.2 Å². The van der Waals surface area contributed by atoms with Crippen molar-refractivity contribution in [3.05, 3.63) is 24.3 Å². The SMILES string of the molecule is C[C@@]12C[C@H](CNC(=O)c3cncnc3)N[C@@H]1CCCC[C@@H]2O. The molecule has 1 aromatic rings. The lowest BCUT2D eigenvalue weighted by atomic mass is 9.75. The predicted molar refractivity (Wildman–Crippen MR) is 82.3 cm³/mol. The van der Waals surface area contributed by atoms with Crippen LogP contribution in [0.3, 0.4) is 0 Å². The average Bonchev–Trinajstić information content (AvgIpc) is 2.80. The minimum Gasteiger partial charge on any atom is -0.392 e. The molecule has 0 radical (unpaired) electrons. The molecule has 0 bridgehead atoms. The fourth-order valence-electron chi connectivity index (χ4n) is 3.87. The second-order valence-electron chi connectivity index (χ2n) is 6.76. The largest absolute Gasteiger partial charge is 0.392 e. The van der Waals surface area contributed by atoms with Gasteiger partial charge in [0.1, 0.15) is 6.33 Å². The summed E-state index contributed by atoms with van der Waals surface area (Å²) in [7, 11) is 0. The Labute approximate surface area is 130 Å². The van der Waals surface area contributed by atoms with E-state index in [-0.39, 0.29) is 23.5 Å². The lowest BCUT2D eigenvalue weighted by Gasteiger charge is -2.33. The van der Waals surface area contributed by atoms with Gasteiger partial charge in [0.15, 0.2) is 0 Å². The van der Waals surface area contributed by atoms with E-state index in [1.807, 2.05) is 0 Å². The third-order valence-electron chi connectivity index (χ3n) is 5.23. The van der Waals surface area contributed by atoms with Crippen LogP contribution in [0.5, 0.6) is 0 Å². The summed E-state index contributed by atoms with van der Waals surface area (Å²) in [6, 6.07) is 0.545. The van der Waals surface area contributed by atoms with Crippen LogP contribution in [0.4, 0.5) is 0 Å². The molecule has 0 unspecified atom stereocenters. The fraction of sp³-hybridized carbons (Fsp3) is 0.688. The molecular weight excluding hydrogens is 280 g/mol. The van der Waals surface area contributed by atoms with Gasteiger partial charge in [-0.3, -0.25) is 4.79 Å². The van der Waals surface area contributed by atoms with E-state index in [1.165, 1.54) is 18.7 Å². The molecule has 2 aliphatic rings. The highest BCUT2D eigenvalue weighted by molar-refractivity contribution is 5.93. The van der Waals surface area contributed by atoms with Crippen molar-refractivity contribution in [1.82, 2.24) is 20.6 Å². The molecule has 0 spiro atoms. The molecule has 0 aromatic carbocycles. The minimum absolute atomic E-state index is 0.0816. The van der Waals surface area contributed by atoms with Gasteiger partial charge in [0.05, 0.1) is 11.7 Å². The van der Waals surface area contributed by atoms with Gasteiger partial charge < -0.3 is 15.7 Å². The standard InChI is InChI=1S/C16H24N4O2/c1-16-6-12(20-13(16)4-2-3-5-14(16)21)9-19-15(22)11-7-17-10-18-8-11/h7-8,10,12-14,20-21H,2-6,9H2,1H3,(H,19,22)/t12-,13-,14+,16-/m1/s1. The normalized spacial score (nSPS) is 34.7. The van der Waals surface area contributed by atoms with E-state index in [1.54, 1.807) is 0 Å². The zero-order valence-electron chi connectivity index (χ0n) is 13.0. The van der Waals surface area contributed by atoms with Crippen molar-refractivity contribution in [3.8, 4) is 0 Å². The number of aliphatic hydroxyl groups is 1. The predicted octanol–water partition coefficient (Wildman–Crippen LogP) is 0.878. The molecule has 1 saturated carbocycles. The lowest BCUT2D eigenvalue weighted by molar-refractivity contribution is 0.0281. The number of aliphatic hydroxyl groups excluding tert-OH is 1. The van der Waals surface area contributed by atoms with Gasteiger partial charge in [-0.05, 0) is 19.3 Å². The van der Waals surface area contributed by atoms with Gasteiger partial charge in [-0.2, -0.15) is 0 Å². The highest BCUT2D eigenvalue weighted by Crippen LogP contribution is 2.43. The van der Waals surface area contributed by atoms with Crippen LogP contribution in [0.1, 0.15) is 49.4 Å². The highest BCUT2D eigenvalue weighted by atomic mass is 16.3. The molecule has 1 aromatic heterocycles. The molecule has 1 aliphatic carbocycles. The maximum atomic E-state index is 12.0. The van der Waals surface area contributed by atoms with E-state index >= 15 is 0 Å².